The van der Waals surface area contributed by atoms with Crippen molar-refractivity contribution < 1.29 is 4.79 Å². The number of fused-ring (bicyclic) bond motifs is 1. The highest BCUT2D eigenvalue weighted by atomic mass is 16.1. The third-order valence-electron chi connectivity index (χ3n) is 2.36. The minimum atomic E-state index is -0.135. The SMILES string of the molecule is C=CC(=O)c1cc(C)c2ccccc2n1. The van der Waals surface area contributed by atoms with E-state index in [1.54, 1.807) is 6.07 Å². The molecule has 0 amide bonds. The standard InChI is InChI=1S/C13H11NO/c1-3-13(15)12-8-9(2)10-6-4-5-7-11(10)14-12/h3-8H,1H2,2H3. The molecule has 0 aliphatic heterocycles. The molecule has 1 heterocycles. The van der Waals surface area contributed by atoms with Gasteiger partial charge < -0.3 is 0 Å². The molecule has 0 unspecified atom stereocenters. The van der Waals surface area contributed by atoms with E-state index in [0.29, 0.717) is 5.69 Å². The van der Waals surface area contributed by atoms with Crippen LogP contribution in [0.3, 0.4) is 0 Å². The predicted molar refractivity (Wildman–Crippen MR) is 61.0 cm³/mol. The van der Waals surface area contributed by atoms with E-state index >= 15 is 0 Å². The Morgan fingerprint density at radius 1 is 1.40 bits per heavy atom. The zero-order valence-corrected chi connectivity index (χ0v) is 8.53. The van der Waals surface area contributed by atoms with Crippen molar-refractivity contribution in [3.63, 3.8) is 0 Å². The number of rotatable bonds is 2. The molecule has 0 aliphatic rings. The predicted octanol–water partition coefficient (Wildman–Crippen LogP) is 2.91. The first-order chi connectivity index (χ1) is 7.22. The van der Waals surface area contributed by atoms with Crippen LogP contribution in [0.25, 0.3) is 10.9 Å². The van der Waals surface area contributed by atoms with E-state index in [2.05, 4.69) is 11.6 Å². The van der Waals surface area contributed by atoms with Gasteiger partial charge in [0.25, 0.3) is 0 Å². The number of aromatic nitrogens is 1. The average molecular weight is 197 g/mol. The van der Waals surface area contributed by atoms with Gasteiger partial charge in [0, 0.05) is 5.39 Å². The molecule has 0 saturated carbocycles. The van der Waals surface area contributed by atoms with E-state index in [1.807, 2.05) is 31.2 Å². The molecular formula is C13H11NO. The van der Waals surface area contributed by atoms with Crippen LogP contribution in [0.4, 0.5) is 0 Å². The van der Waals surface area contributed by atoms with Crippen LogP contribution in [0.1, 0.15) is 16.1 Å². The lowest BCUT2D eigenvalue weighted by Gasteiger charge is -2.03. The molecule has 2 aromatic rings. The van der Waals surface area contributed by atoms with Gasteiger partial charge in [-0.1, -0.05) is 24.8 Å². The molecule has 0 radical (unpaired) electrons. The van der Waals surface area contributed by atoms with Crippen molar-refractivity contribution >= 4 is 16.7 Å². The number of hydrogen-bond acceptors (Lipinski definition) is 2. The largest absolute Gasteiger partial charge is 0.288 e. The molecule has 0 atom stereocenters. The summed E-state index contributed by atoms with van der Waals surface area (Å²) in [6.07, 6.45) is 1.29. The van der Waals surface area contributed by atoms with Crippen LogP contribution in [0.15, 0.2) is 43.0 Å². The summed E-state index contributed by atoms with van der Waals surface area (Å²) in [6.45, 7) is 5.43. The first-order valence-corrected chi connectivity index (χ1v) is 4.75. The third-order valence-corrected chi connectivity index (χ3v) is 2.36. The Bertz CT molecular complexity index is 543. The summed E-state index contributed by atoms with van der Waals surface area (Å²) in [5.41, 5.74) is 2.37. The highest BCUT2D eigenvalue weighted by Crippen LogP contribution is 2.17. The third kappa shape index (κ3) is 1.66. The molecule has 0 N–H and O–H groups in total. The Labute approximate surface area is 88.3 Å². The quantitative estimate of drug-likeness (QED) is 0.547. The maximum Gasteiger partial charge on any atom is 0.203 e. The molecule has 74 valence electrons. The van der Waals surface area contributed by atoms with Crippen molar-refractivity contribution in [3.05, 3.63) is 54.2 Å². The number of carbonyl (C=O) groups excluding carboxylic acids is 1. The lowest BCUT2D eigenvalue weighted by Crippen LogP contribution is -1.99. The summed E-state index contributed by atoms with van der Waals surface area (Å²) in [6, 6.07) is 9.58. The molecule has 1 aromatic carbocycles. The molecule has 2 rings (SSSR count). The fourth-order valence-electron chi connectivity index (χ4n) is 1.58. The van der Waals surface area contributed by atoms with Crippen LogP contribution in [0.5, 0.6) is 0 Å². The number of carbonyl (C=O) groups is 1. The molecule has 2 nitrogen and oxygen atoms in total. The second kappa shape index (κ2) is 3.65. The number of benzene rings is 1. The number of pyridine rings is 1. The summed E-state index contributed by atoms with van der Waals surface area (Å²) in [7, 11) is 0. The number of nitrogens with zero attached hydrogens (tertiary/aromatic N) is 1. The van der Waals surface area contributed by atoms with Crippen LogP contribution in [-0.4, -0.2) is 10.8 Å². The normalized spacial score (nSPS) is 10.2. The Kier molecular flexibility index (Phi) is 2.34. The van der Waals surface area contributed by atoms with E-state index in [1.165, 1.54) is 6.08 Å². The number of aryl methyl sites for hydroxylation is 1. The minimum absolute atomic E-state index is 0.135. The highest BCUT2D eigenvalue weighted by Gasteiger charge is 2.06. The Morgan fingerprint density at radius 3 is 2.87 bits per heavy atom. The summed E-state index contributed by atoms with van der Waals surface area (Å²) >= 11 is 0. The van der Waals surface area contributed by atoms with Gasteiger partial charge in [-0.2, -0.15) is 0 Å². The van der Waals surface area contributed by atoms with Crippen LogP contribution < -0.4 is 0 Å². The van der Waals surface area contributed by atoms with Crippen molar-refractivity contribution in [1.29, 1.82) is 0 Å². The fourth-order valence-corrected chi connectivity index (χ4v) is 1.58. The van der Waals surface area contributed by atoms with Crippen molar-refractivity contribution in [2.75, 3.05) is 0 Å². The van der Waals surface area contributed by atoms with Gasteiger partial charge in [0.1, 0.15) is 5.69 Å². The maximum atomic E-state index is 11.4. The van der Waals surface area contributed by atoms with Gasteiger partial charge in [0.15, 0.2) is 0 Å². The van der Waals surface area contributed by atoms with Gasteiger partial charge in [-0.15, -0.1) is 0 Å². The van der Waals surface area contributed by atoms with Gasteiger partial charge >= 0.3 is 0 Å². The fraction of sp³-hybridized carbons (Fsp3) is 0.0769. The monoisotopic (exact) mass is 197 g/mol. The van der Waals surface area contributed by atoms with Crippen LogP contribution >= 0.6 is 0 Å². The van der Waals surface area contributed by atoms with Gasteiger partial charge in [-0.3, -0.25) is 4.79 Å². The second-order valence-electron chi connectivity index (χ2n) is 3.41. The molecule has 15 heavy (non-hydrogen) atoms. The number of para-hydroxylation sites is 1. The summed E-state index contributed by atoms with van der Waals surface area (Å²) in [5.74, 6) is -0.135. The number of allylic oxidation sites excluding steroid dienone is 1. The summed E-state index contributed by atoms with van der Waals surface area (Å²) < 4.78 is 0. The van der Waals surface area contributed by atoms with Gasteiger partial charge in [-0.05, 0) is 30.7 Å². The van der Waals surface area contributed by atoms with Crippen molar-refractivity contribution in [2.24, 2.45) is 0 Å². The van der Waals surface area contributed by atoms with Gasteiger partial charge in [-0.25, -0.2) is 4.98 Å². The topological polar surface area (TPSA) is 30.0 Å². The lowest BCUT2D eigenvalue weighted by molar-refractivity contribution is 0.104. The summed E-state index contributed by atoms with van der Waals surface area (Å²) in [4.78, 5) is 15.7. The molecule has 0 aliphatic carbocycles. The average Bonchev–Trinajstić information content (AvgIpc) is 2.28. The maximum absolute atomic E-state index is 11.4. The van der Waals surface area contributed by atoms with Crippen molar-refractivity contribution in [2.45, 2.75) is 6.92 Å². The minimum Gasteiger partial charge on any atom is -0.288 e. The van der Waals surface area contributed by atoms with Gasteiger partial charge in [0.2, 0.25) is 5.78 Å². The van der Waals surface area contributed by atoms with E-state index in [9.17, 15) is 4.79 Å². The van der Waals surface area contributed by atoms with E-state index in [4.69, 9.17) is 0 Å². The molecule has 0 spiro atoms. The second-order valence-corrected chi connectivity index (χ2v) is 3.41. The molecule has 0 saturated heterocycles. The van der Waals surface area contributed by atoms with Crippen LogP contribution in [-0.2, 0) is 0 Å². The van der Waals surface area contributed by atoms with Crippen LogP contribution in [0.2, 0.25) is 0 Å². The Balaban J connectivity index is 2.72. The smallest absolute Gasteiger partial charge is 0.203 e. The summed E-state index contributed by atoms with van der Waals surface area (Å²) in [5, 5.41) is 1.08. The van der Waals surface area contributed by atoms with Crippen LogP contribution in [0, 0.1) is 6.92 Å². The molecule has 1 aromatic heterocycles. The van der Waals surface area contributed by atoms with Gasteiger partial charge in [0.05, 0.1) is 5.52 Å². The number of hydrogen-bond donors (Lipinski definition) is 0. The molecule has 0 bridgehead atoms. The first kappa shape index (κ1) is 9.59. The highest BCUT2D eigenvalue weighted by molar-refractivity contribution is 6.04. The van der Waals surface area contributed by atoms with E-state index < -0.39 is 0 Å². The van der Waals surface area contributed by atoms with E-state index in [0.717, 1.165) is 16.5 Å². The zero-order chi connectivity index (χ0) is 10.8. The van der Waals surface area contributed by atoms with Crippen molar-refractivity contribution in [3.8, 4) is 0 Å². The van der Waals surface area contributed by atoms with E-state index in [-0.39, 0.29) is 5.78 Å². The number of ketones is 1. The lowest BCUT2D eigenvalue weighted by atomic mass is 10.1. The Hall–Kier alpha value is -1.96. The molecular weight excluding hydrogens is 186 g/mol. The Morgan fingerprint density at radius 2 is 2.13 bits per heavy atom. The molecule has 0 fully saturated rings. The zero-order valence-electron chi connectivity index (χ0n) is 8.53. The first-order valence-electron chi connectivity index (χ1n) is 4.75. The molecule has 2 heteroatoms. The van der Waals surface area contributed by atoms with Crippen molar-refractivity contribution in [1.82, 2.24) is 4.98 Å².